The lowest BCUT2D eigenvalue weighted by Gasteiger charge is -2.26. The van der Waals surface area contributed by atoms with E-state index in [-0.39, 0.29) is 5.56 Å². The number of rotatable bonds is 4. The van der Waals surface area contributed by atoms with E-state index in [2.05, 4.69) is 4.57 Å². The van der Waals surface area contributed by atoms with Crippen LogP contribution in [0.5, 0.6) is 0 Å². The minimum atomic E-state index is -3.26. The number of carboxylic acid groups (broad SMARTS) is 1. The standard InChI is InChI=1S/C20H20N2O4S/c1-27(25,26)21-11-10-19-17(13-21)16-8-4-5-9-18(16)22(19)12-14-6-2-3-7-15(14)20(23)24/h2-9H,10-13H2,1H3,(H,23,24). The summed E-state index contributed by atoms with van der Waals surface area (Å²) in [6, 6.07) is 14.9. The summed E-state index contributed by atoms with van der Waals surface area (Å²) in [5, 5.41) is 10.5. The van der Waals surface area contributed by atoms with Gasteiger partial charge in [0.1, 0.15) is 0 Å². The molecule has 0 saturated heterocycles. The maximum Gasteiger partial charge on any atom is 0.336 e. The van der Waals surface area contributed by atoms with Crippen molar-refractivity contribution < 1.29 is 18.3 Å². The van der Waals surface area contributed by atoms with E-state index in [4.69, 9.17) is 0 Å². The average molecular weight is 384 g/mol. The fourth-order valence-electron chi connectivity index (χ4n) is 3.88. The molecule has 0 aliphatic carbocycles. The van der Waals surface area contributed by atoms with Gasteiger partial charge in [-0.25, -0.2) is 13.2 Å². The number of carboxylic acids is 1. The Morgan fingerprint density at radius 2 is 1.81 bits per heavy atom. The van der Waals surface area contributed by atoms with Crippen LogP contribution in [-0.2, 0) is 29.5 Å². The highest BCUT2D eigenvalue weighted by Crippen LogP contribution is 2.32. The van der Waals surface area contributed by atoms with Crippen LogP contribution in [0.1, 0.15) is 27.2 Å². The molecular formula is C20H20N2O4S. The van der Waals surface area contributed by atoms with E-state index in [1.165, 1.54) is 10.6 Å². The fourth-order valence-corrected chi connectivity index (χ4v) is 4.66. The molecule has 7 heteroatoms. The van der Waals surface area contributed by atoms with E-state index < -0.39 is 16.0 Å². The highest BCUT2D eigenvalue weighted by Gasteiger charge is 2.28. The summed E-state index contributed by atoms with van der Waals surface area (Å²) in [5.41, 5.74) is 4.11. The highest BCUT2D eigenvalue weighted by atomic mass is 32.2. The average Bonchev–Trinajstić information content (AvgIpc) is 2.95. The summed E-state index contributed by atoms with van der Waals surface area (Å²) in [4.78, 5) is 11.6. The first kappa shape index (κ1) is 17.8. The van der Waals surface area contributed by atoms with Gasteiger partial charge in [0.05, 0.1) is 11.8 Å². The van der Waals surface area contributed by atoms with E-state index in [0.29, 0.717) is 26.1 Å². The van der Waals surface area contributed by atoms with E-state index >= 15 is 0 Å². The van der Waals surface area contributed by atoms with Gasteiger partial charge in [0.15, 0.2) is 0 Å². The van der Waals surface area contributed by atoms with E-state index in [1.54, 1.807) is 12.1 Å². The molecule has 0 fully saturated rings. The molecular weight excluding hydrogens is 364 g/mol. The van der Waals surface area contributed by atoms with Crippen molar-refractivity contribution in [1.29, 1.82) is 0 Å². The van der Waals surface area contributed by atoms with Gasteiger partial charge in [-0.15, -0.1) is 0 Å². The van der Waals surface area contributed by atoms with Gasteiger partial charge in [-0.3, -0.25) is 0 Å². The van der Waals surface area contributed by atoms with Gasteiger partial charge < -0.3 is 9.67 Å². The number of hydrogen-bond donors (Lipinski definition) is 1. The molecule has 27 heavy (non-hydrogen) atoms. The minimum Gasteiger partial charge on any atom is -0.478 e. The van der Waals surface area contributed by atoms with Gasteiger partial charge >= 0.3 is 5.97 Å². The largest absolute Gasteiger partial charge is 0.478 e. The van der Waals surface area contributed by atoms with Crippen LogP contribution in [0.2, 0.25) is 0 Å². The van der Waals surface area contributed by atoms with Crippen molar-refractivity contribution in [3.63, 3.8) is 0 Å². The second-order valence-corrected chi connectivity index (χ2v) is 8.82. The van der Waals surface area contributed by atoms with E-state index in [1.807, 2.05) is 36.4 Å². The first-order chi connectivity index (χ1) is 12.9. The van der Waals surface area contributed by atoms with Crippen LogP contribution in [-0.4, -0.2) is 41.2 Å². The second-order valence-electron chi connectivity index (χ2n) is 6.84. The van der Waals surface area contributed by atoms with Gasteiger partial charge in [0.2, 0.25) is 10.0 Å². The molecule has 1 aromatic heterocycles. The van der Waals surface area contributed by atoms with Gasteiger partial charge in [0.25, 0.3) is 0 Å². The maximum atomic E-state index is 12.0. The molecule has 140 valence electrons. The molecule has 0 amide bonds. The predicted octanol–water partition coefficient (Wildman–Crippen LogP) is 2.71. The van der Waals surface area contributed by atoms with Gasteiger partial charge in [-0.05, 0) is 23.3 Å². The van der Waals surface area contributed by atoms with Crippen molar-refractivity contribution in [3.05, 3.63) is 70.9 Å². The Labute approximate surface area is 157 Å². The molecule has 0 saturated carbocycles. The van der Waals surface area contributed by atoms with Gasteiger partial charge in [0, 0.05) is 42.7 Å². The first-order valence-electron chi connectivity index (χ1n) is 8.71. The van der Waals surface area contributed by atoms with Crippen molar-refractivity contribution in [1.82, 2.24) is 8.87 Å². The Balaban J connectivity index is 1.85. The third-order valence-electron chi connectivity index (χ3n) is 5.17. The van der Waals surface area contributed by atoms with Crippen molar-refractivity contribution in [2.75, 3.05) is 12.8 Å². The summed E-state index contributed by atoms with van der Waals surface area (Å²) in [6.07, 6.45) is 1.84. The molecule has 6 nitrogen and oxygen atoms in total. The van der Waals surface area contributed by atoms with Gasteiger partial charge in [-0.1, -0.05) is 36.4 Å². The third kappa shape index (κ3) is 3.13. The Kier molecular flexibility index (Phi) is 4.28. The normalized spacial score (nSPS) is 15.0. The van der Waals surface area contributed by atoms with Crippen molar-refractivity contribution in [3.8, 4) is 0 Å². The first-order valence-corrected chi connectivity index (χ1v) is 10.6. The lowest BCUT2D eigenvalue weighted by Crippen LogP contribution is -2.35. The molecule has 0 radical (unpaired) electrons. The van der Waals surface area contributed by atoms with Crippen molar-refractivity contribution in [2.24, 2.45) is 0 Å². The Bertz CT molecular complexity index is 1150. The zero-order valence-corrected chi connectivity index (χ0v) is 15.7. The molecule has 0 spiro atoms. The summed E-state index contributed by atoms with van der Waals surface area (Å²) < 4.78 is 27.6. The SMILES string of the molecule is CS(=O)(=O)N1CCc2c(c3ccccc3n2Cc2ccccc2C(=O)O)C1. The van der Waals surface area contributed by atoms with Crippen LogP contribution in [0.15, 0.2) is 48.5 Å². The summed E-state index contributed by atoms with van der Waals surface area (Å²) in [7, 11) is -3.26. The van der Waals surface area contributed by atoms with E-state index in [0.717, 1.165) is 27.7 Å². The maximum absolute atomic E-state index is 12.0. The summed E-state index contributed by atoms with van der Waals surface area (Å²) in [5.74, 6) is -0.945. The van der Waals surface area contributed by atoms with Crippen LogP contribution in [0, 0.1) is 0 Å². The quantitative estimate of drug-likeness (QED) is 0.750. The molecule has 1 aliphatic rings. The smallest absolute Gasteiger partial charge is 0.336 e. The summed E-state index contributed by atoms with van der Waals surface area (Å²) in [6.45, 7) is 1.22. The fraction of sp³-hybridized carbons (Fsp3) is 0.250. The number of fused-ring (bicyclic) bond motifs is 3. The highest BCUT2D eigenvalue weighted by molar-refractivity contribution is 7.88. The van der Waals surface area contributed by atoms with Crippen molar-refractivity contribution in [2.45, 2.75) is 19.5 Å². The van der Waals surface area contributed by atoms with Crippen LogP contribution < -0.4 is 0 Å². The molecule has 0 bridgehead atoms. The molecule has 4 rings (SSSR count). The predicted molar refractivity (Wildman–Crippen MR) is 103 cm³/mol. The molecule has 1 aliphatic heterocycles. The third-order valence-corrected chi connectivity index (χ3v) is 6.42. The molecule has 3 aromatic rings. The summed E-state index contributed by atoms with van der Waals surface area (Å²) >= 11 is 0. The van der Waals surface area contributed by atoms with Crippen LogP contribution >= 0.6 is 0 Å². The molecule has 0 atom stereocenters. The molecule has 1 N–H and O–H groups in total. The zero-order chi connectivity index (χ0) is 19.2. The van der Waals surface area contributed by atoms with Crippen LogP contribution in [0.3, 0.4) is 0 Å². The lowest BCUT2D eigenvalue weighted by molar-refractivity contribution is 0.0695. The number of sulfonamides is 1. The van der Waals surface area contributed by atoms with E-state index in [9.17, 15) is 18.3 Å². The number of aromatic carboxylic acids is 1. The van der Waals surface area contributed by atoms with Crippen LogP contribution in [0.4, 0.5) is 0 Å². The number of aromatic nitrogens is 1. The minimum absolute atomic E-state index is 0.289. The second kappa shape index (κ2) is 6.51. The Morgan fingerprint density at radius 3 is 2.56 bits per heavy atom. The number of nitrogens with zero attached hydrogens (tertiary/aromatic N) is 2. The number of carbonyl (C=O) groups is 1. The van der Waals surface area contributed by atoms with Crippen molar-refractivity contribution >= 4 is 26.9 Å². The number of hydrogen-bond acceptors (Lipinski definition) is 3. The number of benzene rings is 2. The zero-order valence-electron chi connectivity index (χ0n) is 14.9. The van der Waals surface area contributed by atoms with Gasteiger partial charge in [-0.2, -0.15) is 4.31 Å². The lowest BCUT2D eigenvalue weighted by atomic mass is 10.1. The van der Waals surface area contributed by atoms with Crippen LogP contribution in [0.25, 0.3) is 10.9 Å². The topological polar surface area (TPSA) is 79.6 Å². The Hall–Kier alpha value is -2.64. The monoisotopic (exact) mass is 384 g/mol. The molecule has 0 unspecified atom stereocenters. The molecule has 2 aromatic carbocycles. The Morgan fingerprint density at radius 1 is 1.11 bits per heavy atom. The molecule has 2 heterocycles. The number of para-hydroxylation sites is 1.